The van der Waals surface area contributed by atoms with Crippen molar-refractivity contribution in [2.75, 3.05) is 23.7 Å². The van der Waals surface area contributed by atoms with Gasteiger partial charge in [-0.25, -0.2) is 9.37 Å². The summed E-state index contributed by atoms with van der Waals surface area (Å²) in [5.41, 5.74) is -0.275. The van der Waals surface area contributed by atoms with E-state index in [1.54, 1.807) is 11.0 Å². The van der Waals surface area contributed by atoms with Crippen LogP contribution in [0.5, 0.6) is 0 Å². The van der Waals surface area contributed by atoms with Crippen LogP contribution >= 0.6 is 0 Å². The molecular weight excluding hydrogens is 430 g/mol. The number of rotatable bonds is 6. The lowest BCUT2D eigenvalue weighted by Gasteiger charge is -2.28. The zero-order chi connectivity index (χ0) is 23.7. The van der Waals surface area contributed by atoms with Crippen LogP contribution in [-0.4, -0.2) is 50.7 Å². The number of anilines is 3. The lowest BCUT2D eigenvalue weighted by atomic mass is 9.99. The van der Waals surface area contributed by atoms with Crippen molar-refractivity contribution in [3.05, 3.63) is 41.1 Å². The van der Waals surface area contributed by atoms with E-state index in [2.05, 4.69) is 20.6 Å². The van der Waals surface area contributed by atoms with E-state index in [9.17, 15) is 27.5 Å². The van der Waals surface area contributed by atoms with Crippen molar-refractivity contribution in [3.8, 4) is 0 Å². The zero-order valence-corrected chi connectivity index (χ0v) is 17.9. The van der Waals surface area contributed by atoms with Crippen LogP contribution in [0.15, 0.2) is 24.4 Å². The van der Waals surface area contributed by atoms with Crippen molar-refractivity contribution in [1.82, 2.24) is 14.9 Å². The van der Waals surface area contributed by atoms with Crippen molar-refractivity contribution < 1.29 is 27.5 Å². The monoisotopic (exact) mass is 455 g/mol. The molecule has 0 bridgehead atoms. The SMILES string of the molecule is CC(=O)N1CCc2cc(Nc3ncc(C(F)(F)F)c(NC[C@H](F)C(C)(C)O)n3)ccc2C1. The minimum Gasteiger partial charge on any atom is -0.387 e. The van der Waals surface area contributed by atoms with E-state index in [-0.39, 0.29) is 11.9 Å². The van der Waals surface area contributed by atoms with Crippen LogP contribution in [0.3, 0.4) is 0 Å². The van der Waals surface area contributed by atoms with Gasteiger partial charge in [0.2, 0.25) is 11.9 Å². The molecule has 1 aliphatic heterocycles. The molecule has 0 radical (unpaired) electrons. The number of alkyl halides is 4. The average Bonchev–Trinajstić information content (AvgIpc) is 2.70. The average molecular weight is 455 g/mol. The van der Waals surface area contributed by atoms with Gasteiger partial charge in [-0.05, 0) is 43.5 Å². The number of fused-ring (bicyclic) bond motifs is 1. The fourth-order valence-electron chi connectivity index (χ4n) is 3.25. The van der Waals surface area contributed by atoms with Crippen molar-refractivity contribution in [1.29, 1.82) is 0 Å². The van der Waals surface area contributed by atoms with E-state index in [0.717, 1.165) is 11.1 Å². The number of halogens is 4. The minimum absolute atomic E-state index is 0.00357. The van der Waals surface area contributed by atoms with Gasteiger partial charge in [0.05, 0.1) is 12.1 Å². The number of amides is 1. The number of carbonyl (C=O) groups is 1. The molecule has 11 heteroatoms. The molecule has 0 saturated carbocycles. The number of carbonyl (C=O) groups excluding carboxylic acids is 1. The van der Waals surface area contributed by atoms with Gasteiger partial charge < -0.3 is 20.6 Å². The molecule has 174 valence electrons. The summed E-state index contributed by atoms with van der Waals surface area (Å²) in [5.74, 6) is -0.687. The first kappa shape index (κ1) is 23.7. The first-order valence-corrected chi connectivity index (χ1v) is 10.0. The summed E-state index contributed by atoms with van der Waals surface area (Å²) in [6, 6.07) is 5.41. The van der Waals surface area contributed by atoms with Gasteiger partial charge in [-0.2, -0.15) is 18.2 Å². The molecule has 0 spiro atoms. The first-order valence-electron chi connectivity index (χ1n) is 10.0. The largest absolute Gasteiger partial charge is 0.421 e. The second-order valence-electron chi connectivity index (χ2n) is 8.25. The first-order chi connectivity index (χ1) is 14.8. The predicted molar refractivity (Wildman–Crippen MR) is 111 cm³/mol. The molecule has 3 N–H and O–H groups in total. The van der Waals surface area contributed by atoms with Gasteiger partial charge in [-0.3, -0.25) is 4.79 Å². The number of aliphatic hydroxyl groups is 1. The molecule has 1 aliphatic rings. The molecule has 32 heavy (non-hydrogen) atoms. The molecule has 1 atom stereocenters. The van der Waals surface area contributed by atoms with Crippen LogP contribution in [0, 0.1) is 0 Å². The summed E-state index contributed by atoms with van der Waals surface area (Å²) in [4.78, 5) is 20.9. The smallest absolute Gasteiger partial charge is 0.387 e. The Kier molecular flexibility index (Phi) is 6.59. The second kappa shape index (κ2) is 8.89. The summed E-state index contributed by atoms with van der Waals surface area (Å²) in [6.45, 7) is 4.49. The van der Waals surface area contributed by atoms with Crippen molar-refractivity contribution >= 4 is 23.4 Å². The summed E-state index contributed by atoms with van der Waals surface area (Å²) < 4.78 is 54.0. The lowest BCUT2D eigenvalue weighted by Crippen LogP contribution is -2.38. The molecule has 2 aromatic rings. The van der Waals surface area contributed by atoms with Crippen LogP contribution in [0.4, 0.5) is 35.0 Å². The Morgan fingerprint density at radius 2 is 2.00 bits per heavy atom. The summed E-state index contributed by atoms with van der Waals surface area (Å²) in [6.07, 6.45) is -5.28. The molecule has 2 heterocycles. The van der Waals surface area contributed by atoms with E-state index in [1.165, 1.54) is 20.8 Å². The fourth-order valence-corrected chi connectivity index (χ4v) is 3.25. The van der Waals surface area contributed by atoms with E-state index < -0.39 is 35.9 Å². The Bertz CT molecular complexity index is 991. The number of hydrogen-bond acceptors (Lipinski definition) is 6. The van der Waals surface area contributed by atoms with Crippen LogP contribution in [0.25, 0.3) is 0 Å². The van der Waals surface area contributed by atoms with E-state index in [0.29, 0.717) is 31.4 Å². The molecule has 3 rings (SSSR count). The second-order valence-corrected chi connectivity index (χ2v) is 8.25. The lowest BCUT2D eigenvalue weighted by molar-refractivity contribution is -0.137. The highest BCUT2D eigenvalue weighted by molar-refractivity contribution is 5.73. The standard InChI is InChI=1S/C21H25F4N5O2/c1-12(31)30-7-6-13-8-15(5-4-14(13)11-30)28-19-27-9-16(21(23,24)25)18(29-19)26-10-17(22)20(2,3)32/h4-5,8-9,17,32H,6-7,10-11H2,1-3H3,(H2,26,27,28,29)/t17-/m0/s1. The molecule has 1 aromatic carbocycles. The molecule has 1 aromatic heterocycles. The van der Waals surface area contributed by atoms with Crippen LogP contribution in [0.1, 0.15) is 37.5 Å². The number of hydrogen-bond donors (Lipinski definition) is 3. The highest BCUT2D eigenvalue weighted by atomic mass is 19.4. The maximum atomic E-state index is 14.0. The fraction of sp³-hybridized carbons (Fsp3) is 0.476. The number of benzene rings is 1. The van der Waals surface area contributed by atoms with Gasteiger partial charge >= 0.3 is 6.18 Å². The third-order valence-electron chi connectivity index (χ3n) is 5.23. The Morgan fingerprint density at radius 3 is 2.62 bits per heavy atom. The van der Waals surface area contributed by atoms with E-state index in [1.807, 2.05) is 12.1 Å². The Hall–Kier alpha value is -2.95. The molecular formula is C21H25F4N5O2. The molecule has 1 amide bonds. The third-order valence-corrected chi connectivity index (χ3v) is 5.23. The van der Waals surface area contributed by atoms with Gasteiger partial charge in [0.25, 0.3) is 0 Å². The van der Waals surface area contributed by atoms with E-state index in [4.69, 9.17) is 0 Å². The van der Waals surface area contributed by atoms with Crippen molar-refractivity contribution in [2.24, 2.45) is 0 Å². The highest BCUT2D eigenvalue weighted by Crippen LogP contribution is 2.34. The highest BCUT2D eigenvalue weighted by Gasteiger charge is 2.36. The van der Waals surface area contributed by atoms with Crippen LogP contribution in [-0.2, 0) is 23.9 Å². The Morgan fingerprint density at radius 1 is 1.28 bits per heavy atom. The number of nitrogens with one attached hydrogen (secondary N) is 2. The van der Waals surface area contributed by atoms with Gasteiger partial charge in [-0.15, -0.1) is 0 Å². The normalized spacial score (nSPS) is 15.2. The van der Waals surface area contributed by atoms with Crippen LogP contribution in [0.2, 0.25) is 0 Å². The summed E-state index contributed by atoms with van der Waals surface area (Å²) >= 11 is 0. The topological polar surface area (TPSA) is 90.4 Å². The van der Waals surface area contributed by atoms with Crippen molar-refractivity contribution in [2.45, 2.75) is 51.7 Å². The predicted octanol–water partition coefficient (Wildman–Crippen LogP) is 3.66. The molecule has 0 saturated heterocycles. The van der Waals surface area contributed by atoms with E-state index >= 15 is 0 Å². The minimum atomic E-state index is -4.74. The van der Waals surface area contributed by atoms with Gasteiger partial charge in [-0.1, -0.05) is 6.07 Å². The zero-order valence-electron chi connectivity index (χ0n) is 17.9. The summed E-state index contributed by atoms with van der Waals surface area (Å²) in [7, 11) is 0. The molecule has 0 fully saturated rings. The van der Waals surface area contributed by atoms with Gasteiger partial charge in [0.15, 0.2) is 0 Å². The Balaban J connectivity index is 1.80. The van der Waals surface area contributed by atoms with Crippen LogP contribution < -0.4 is 10.6 Å². The maximum absolute atomic E-state index is 14.0. The number of aromatic nitrogens is 2. The van der Waals surface area contributed by atoms with Crippen molar-refractivity contribution in [3.63, 3.8) is 0 Å². The summed E-state index contributed by atoms with van der Waals surface area (Å²) in [5, 5.41) is 14.9. The molecule has 0 unspecified atom stereocenters. The van der Waals surface area contributed by atoms with Gasteiger partial charge in [0.1, 0.15) is 17.6 Å². The Labute approximate surface area is 182 Å². The molecule has 7 nitrogen and oxygen atoms in total. The quantitative estimate of drug-likeness (QED) is 0.576. The van der Waals surface area contributed by atoms with Gasteiger partial charge in [0, 0.05) is 31.9 Å². The third kappa shape index (κ3) is 5.64. The molecule has 0 aliphatic carbocycles. The number of nitrogens with zero attached hydrogens (tertiary/aromatic N) is 3. The maximum Gasteiger partial charge on any atom is 0.421 e.